The fourth-order valence-corrected chi connectivity index (χ4v) is 1.88. The van der Waals surface area contributed by atoms with Gasteiger partial charge in [0.15, 0.2) is 0 Å². The van der Waals surface area contributed by atoms with E-state index < -0.39 is 0 Å². The van der Waals surface area contributed by atoms with Crippen LogP contribution < -0.4 is 5.73 Å². The summed E-state index contributed by atoms with van der Waals surface area (Å²) in [4.78, 5) is 4.04. The van der Waals surface area contributed by atoms with Crippen LogP contribution in [0.1, 0.15) is 18.4 Å². The zero-order valence-electron chi connectivity index (χ0n) is 9.48. The van der Waals surface area contributed by atoms with Crippen LogP contribution in [0.4, 0.5) is 0 Å². The second kappa shape index (κ2) is 4.79. The van der Waals surface area contributed by atoms with Gasteiger partial charge in [0.2, 0.25) is 0 Å². The molecule has 2 N–H and O–H groups in total. The first-order chi connectivity index (χ1) is 7.81. The van der Waals surface area contributed by atoms with E-state index in [0.717, 1.165) is 18.4 Å². The molecule has 0 saturated heterocycles. The van der Waals surface area contributed by atoms with Crippen molar-refractivity contribution in [1.29, 1.82) is 0 Å². The first kappa shape index (κ1) is 10.7. The summed E-state index contributed by atoms with van der Waals surface area (Å²) >= 11 is 0. The minimum Gasteiger partial charge on any atom is -0.384 e. The molecule has 2 nitrogen and oxygen atoms in total. The van der Waals surface area contributed by atoms with Gasteiger partial charge in [0.05, 0.1) is 0 Å². The predicted molar refractivity (Wildman–Crippen MR) is 69.3 cm³/mol. The normalized spacial score (nSPS) is 16.7. The van der Waals surface area contributed by atoms with Gasteiger partial charge in [-0.2, -0.15) is 0 Å². The number of nitrogens with zero attached hydrogens (tertiary/aromatic N) is 1. The Bertz CT molecular complexity index is 453. The molecule has 1 aliphatic rings. The average Bonchev–Trinajstić information content (AvgIpc) is 2.39. The SMILES string of the molecule is CN=C(N)C1=CC(c2ccccc2)=CCC1. The van der Waals surface area contributed by atoms with Crippen LogP contribution in [0, 0.1) is 0 Å². The molecule has 0 atom stereocenters. The lowest BCUT2D eigenvalue weighted by atomic mass is 9.94. The monoisotopic (exact) mass is 212 g/mol. The molecule has 16 heavy (non-hydrogen) atoms. The number of allylic oxidation sites excluding steroid dienone is 3. The van der Waals surface area contributed by atoms with Crippen molar-refractivity contribution in [3.8, 4) is 0 Å². The molecule has 0 spiro atoms. The third kappa shape index (κ3) is 2.22. The molecule has 2 rings (SSSR count). The number of benzene rings is 1. The molecule has 0 bridgehead atoms. The highest BCUT2D eigenvalue weighted by Gasteiger charge is 2.09. The standard InChI is InChI=1S/C14H16N2/c1-16-14(15)13-9-5-8-12(10-13)11-6-3-2-4-7-11/h2-4,6-8,10H,5,9H2,1H3,(H2,15,16). The van der Waals surface area contributed by atoms with Gasteiger partial charge >= 0.3 is 0 Å². The Hall–Kier alpha value is -1.83. The highest BCUT2D eigenvalue weighted by Crippen LogP contribution is 2.25. The number of hydrogen-bond donors (Lipinski definition) is 1. The topological polar surface area (TPSA) is 38.4 Å². The summed E-state index contributed by atoms with van der Waals surface area (Å²) in [6, 6.07) is 10.4. The fraction of sp³-hybridized carbons (Fsp3) is 0.214. The van der Waals surface area contributed by atoms with Gasteiger partial charge in [0, 0.05) is 7.05 Å². The van der Waals surface area contributed by atoms with Crippen molar-refractivity contribution in [2.45, 2.75) is 12.8 Å². The molecule has 1 aliphatic carbocycles. The molecule has 0 radical (unpaired) electrons. The van der Waals surface area contributed by atoms with Crippen molar-refractivity contribution < 1.29 is 0 Å². The van der Waals surface area contributed by atoms with Gasteiger partial charge < -0.3 is 5.73 Å². The van der Waals surface area contributed by atoms with E-state index in [0.29, 0.717) is 5.84 Å². The Kier molecular flexibility index (Phi) is 3.20. The van der Waals surface area contributed by atoms with Crippen molar-refractivity contribution in [2.75, 3.05) is 7.05 Å². The maximum absolute atomic E-state index is 5.84. The summed E-state index contributed by atoms with van der Waals surface area (Å²) in [5.41, 5.74) is 9.47. The van der Waals surface area contributed by atoms with Crippen LogP contribution in [0.15, 0.2) is 53.0 Å². The maximum Gasteiger partial charge on any atom is 0.121 e. The number of amidine groups is 1. The molecule has 0 heterocycles. The minimum atomic E-state index is 0.654. The molecule has 1 aromatic rings. The van der Waals surface area contributed by atoms with Crippen molar-refractivity contribution in [1.82, 2.24) is 0 Å². The molecule has 0 aromatic heterocycles. The molecule has 82 valence electrons. The number of rotatable bonds is 2. The van der Waals surface area contributed by atoms with Crippen LogP contribution in [-0.2, 0) is 0 Å². The first-order valence-electron chi connectivity index (χ1n) is 5.50. The minimum absolute atomic E-state index is 0.654. The van der Waals surface area contributed by atoms with E-state index in [-0.39, 0.29) is 0 Å². The summed E-state index contributed by atoms with van der Waals surface area (Å²) in [5.74, 6) is 0.654. The van der Waals surface area contributed by atoms with Crippen LogP contribution in [-0.4, -0.2) is 12.9 Å². The van der Waals surface area contributed by atoms with Crippen molar-refractivity contribution in [3.05, 3.63) is 53.6 Å². The number of nitrogens with two attached hydrogens (primary N) is 1. The van der Waals surface area contributed by atoms with Crippen LogP contribution in [0.5, 0.6) is 0 Å². The van der Waals surface area contributed by atoms with Crippen LogP contribution >= 0.6 is 0 Å². The van der Waals surface area contributed by atoms with E-state index in [1.807, 2.05) is 6.07 Å². The third-order valence-corrected chi connectivity index (χ3v) is 2.78. The lowest BCUT2D eigenvalue weighted by Crippen LogP contribution is -2.15. The summed E-state index contributed by atoms with van der Waals surface area (Å²) < 4.78 is 0. The number of hydrogen-bond acceptors (Lipinski definition) is 1. The third-order valence-electron chi connectivity index (χ3n) is 2.78. The van der Waals surface area contributed by atoms with Gasteiger partial charge in [-0.3, -0.25) is 4.99 Å². The van der Waals surface area contributed by atoms with Crippen molar-refractivity contribution in [3.63, 3.8) is 0 Å². The smallest absolute Gasteiger partial charge is 0.121 e. The first-order valence-corrected chi connectivity index (χ1v) is 5.50. The van der Waals surface area contributed by atoms with E-state index in [1.54, 1.807) is 7.05 Å². The zero-order valence-corrected chi connectivity index (χ0v) is 9.48. The average molecular weight is 212 g/mol. The summed E-state index contributed by atoms with van der Waals surface area (Å²) in [6.45, 7) is 0. The molecule has 0 saturated carbocycles. The van der Waals surface area contributed by atoms with Crippen LogP contribution in [0.3, 0.4) is 0 Å². The molecular formula is C14H16N2. The molecule has 2 heteroatoms. The Morgan fingerprint density at radius 2 is 2.00 bits per heavy atom. The highest BCUT2D eigenvalue weighted by molar-refractivity contribution is 6.00. The lowest BCUT2D eigenvalue weighted by molar-refractivity contribution is 1.00. The highest BCUT2D eigenvalue weighted by atomic mass is 14.8. The lowest BCUT2D eigenvalue weighted by Gasteiger charge is -2.13. The molecule has 0 unspecified atom stereocenters. The summed E-state index contributed by atoms with van der Waals surface area (Å²) in [7, 11) is 1.73. The van der Waals surface area contributed by atoms with Gasteiger partial charge in [-0.15, -0.1) is 0 Å². The second-order valence-corrected chi connectivity index (χ2v) is 3.84. The Morgan fingerprint density at radius 3 is 2.69 bits per heavy atom. The molecular weight excluding hydrogens is 196 g/mol. The fourth-order valence-electron chi connectivity index (χ4n) is 1.88. The molecule has 1 aromatic carbocycles. The summed E-state index contributed by atoms with van der Waals surface area (Å²) in [5, 5.41) is 0. The van der Waals surface area contributed by atoms with Gasteiger partial charge in [-0.25, -0.2) is 0 Å². The van der Waals surface area contributed by atoms with Gasteiger partial charge in [0.25, 0.3) is 0 Å². The van der Waals surface area contributed by atoms with Gasteiger partial charge in [-0.05, 0) is 35.6 Å². The van der Waals surface area contributed by atoms with Crippen molar-refractivity contribution >= 4 is 11.4 Å². The second-order valence-electron chi connectivity index (χ2n) is 3.84. The largest absolute Gasteiger partial charge is 0.384 e. The van der Waals surface area contributed by atoms with Crippen LogP contribution in [0.2, 0.25) is 0 Å². The molecule has 0 amide bonds. The van der Waals surface area contributed by atoms with Crippen LogP contribution in [0.25, 0.3) is 5.57 Å². The van der Waals surface area contributed by atoms with E-state index >= 15 is 0 Å². The summed E-state index contributed by atoms with van der Waals surface area (Å²) in [6.07, 6.45) is 6.41. The zero-order chi connectivity index (χ0) is 11.4. The Morgan fingerprint density at radius 1 is 1.25 bits per heavy atom. The van der Waals surface area contributed by atoms with Crippen molar-refractivity contribution in [2.24, 2.45) is 10.7 Å². The molecule has 0 fully saturated rings. The Balaban J connectivity index is 2.31. The quantitative estimate of drug-likeness (QED) is 0.594. The van der Waals surface area contributed by atoms with E-state index in [4.69, 9.17) is 5.73 Å². The van der Waals surface area contributed by atoms with E-state index in [2.05, 4.69) is 41.4 Å². The molecule has 0 aliphatic heterocycles. The van der Waals surface area contributed by atoms with E-state index in [9.17, 15) is 0 Å². The van der Waals surface area contributed by atoms with Gasteiger partial charge in [-0.1, -0.05) is 36.4 Å². The Labute approximate surface area is 96.2 Å². The van der Waals surface area contributed by atoms with Gasteiger partial charge in [0.1, 0.15) is 5.84 Å². The maximum atomic E-state index is 5.84. The number of aliphatic imine (C=N–C) groups is 1. The van der Waals surface area contributed by atoms with E-state index in [1.165, 1.54) is 11.1 Å². The predicted octanol–water partition coefficient (Wildman–Crippen LogP) is 2.78.